The molecule has 0 radical (unpaired) electrons. The van der Waals surface area contributed by atoms with Gasteiger partial charge in [-0.25, -0.2) is 0 Å². The van der Waals surface area contributed by atoms with E-state index in [0.717, 1.165) is 23.7 Å². The first-order valence-corrected chi connectivity index (χ1v) is 8.58. The van der Waals surface area contributed by atoms with Gasteiger partial charge in [0.2, 0.25) is 0 Å². The van der Waals surface area contributed by atoms with E-state index in [1.807, 2.05) is 0 Å². The summed E-state index contributed by atoms with van der Waals surface area (Å²) >= 11 is 0. The minimum atomic E-state index is 0.960. The Morgan fingerprint density at radius 3 is 0.833 bits per heavy atom. The molecule has 1 aliphatic carbocycles. The van der Waals surface area contributed by atoms with Crippen LogP contribution in [0.5, 0.6) is 0 Å². The summed E-state index contributed by atoms with van der Waals surface area (Å²) < 4.78 is 0. The van der Waals surface area contributed by atoms with Crippen molar-refractivity contribution >= 4 is 0 Å². The van der Waals surface area contributed by atoms with Crippen LogP contribution in [-0.4, -0.2) is 0 Å². The van der Waals surface area contributed by atoms with Gasteiger partial charge >= 0.3 is 0 Å². The van der Waals surface area contributed by atoms with Crippen molar-refractivity contribution in [2.24, 2.45) is 23.7 Å². The largest absolute Gasteiger partial charge is 0.0625 e. The Bertz CT molecular complexity index is 154. The zero-order chi connectivity index (χ0) is 13.4. The molecule has 1 saturated carbocycles. The molecular weight excluding hydrogens is 216 g/mol. The Morgan fingerprint density at radius 1 is 0.389 bits per heavy atom. The quantitative estimate of drug-likeness (QED) is 0.465. The lowest BCUT2D eigenvalue weighted by Gasteiger charge is -2.20. The minimum Gasteiger partial charge on any atom is -0.0625 e. The van der Waals surface area contributed by atoms with Gasteiger partial charge < -0.3 is 0 Å². The summed E-state index contributed by atoms with van der Waals surface area (Å²) in [6.45, 7) is 9.85. The summed E-state index contributed by atoms with van der Waals surface area (Å²) in [5.41, 5.74) is 0. The van der Waals surface area contributed by atoms with Gasteiger partial charge in [0.25, 0.3) is 0 Å². The fourth-order valence-electron chi connectivity index (χ4n) is 3.34. The molecule has 0 bridgehead atoms. The van der Waals surface area contributed by atoms with E-state index in [9.17, 15) is 0 Å². The third-order valence-electron chi connectivity index (χ3n) is 5.09. The van der Waals surface area contributed by atoms with Crippen molar-refractivity contribution in [3.05, 3.63) is 0 Å². The van der Waals surface area contributed by atoms with Crippen LogP contribution in [0.1, 0.15) is 91.9 Å². The normalized spacial score (nSPS) is 38.0. The summed E-state index contributed by atoms with van der Waals surface area (Å²) in [4.78, 5) is 0. The van der Waals surface area contributed by atoms with E-state index in [4.69, 9.17) is 0 Å². The van der Waals surface area contributed by atoms with Crippen molar-refractivity contribution in [3.8, 4) is 0 Å². The molecule has 0 aromatic rings. The fraction of sp³-hybridized carbons (Fsp3) is 1.00. The van der Waals surface area contributed by atoms with E-state index in [1.54, 1.807) is 0 Å². The van der Waals surface area contributed by atoms with E-state index < -0.39 is 0 Å². The molecule has 0 heterocycles. The highest BCUT2D eigenvalue weighted by atomic mass is 14.2. The van der Waals surface area contributed by atoms with Crippen LogP contribution in [0.4, 0.5) is 0 Å². The molecule has 108 valence electrons. The molecule has 0 spiro atoms. The van der Waals surface area contributed by atoms with Gasteiger partial charge in [-0.05, 0) is 23.7 Å². The van der Waals surface area contributed by atoms with Crippen LogP contribution in [0.25, 0.3) is 0 Å². The third-order valence-corrected chi connectivity index (χ3v) is 5.09. The van der Waals surface area contributed by atoms with Crippen molar-refractivity contribution in [1.82, 2.24) is 0 Å². The van der Waals surface area contributed by atoms with Crippen LogP contribution in [0, 0.1) is 23.7 Å². The lowest BCUT2D eigenvalue weighted by Crippen LogP contribution is -2.06. The molecule has 0 nitrogen and oxygen atoms in total. The first-order chi connectivity index (χ1) is 8.58. The summed E-state index contributed by atoms with van der Waals surface area (Å²) in [5, 5.41) is 0. The van der Waals surface area contributed by atoms with Gasteiger partial charge in [0.1, 0.15) is 0 Å². The van der Waals surface area contributed by atoms with Gasteiger partial charge in [0.15, 0.2) is 0 Å². The van der Waals surface area contributed by atoms with Crippen LogP contribution in [0.15, 0.2) is 0 Å². The predicted octanol–water partition coefficient (Wildman–Crippen LogP) is 6.45. The van der Waals surface area contributed by atoms with E-state index in [0.29, 0.717) is 0 Å². The zero-order valence-electron chi connectivity index (χ0n) is 13.4. The minimum absolute atomic E-state index is 0.960. The molecule has 0 amide bonds. The van der Waals surface area contributed by atoms with E-state index in [-0.39, 0.29) is 0 Å². The molecule has 1 aliphatic rings. The molecule has 0 aromatic carbocycles. The summed E-state index contributed by atoms with van der Waals surface area (Å²) in [7, 11) is 0. The van der Waals surface area contributed by atoms with Gasteiger partial charge in [-0.1, -0.05) is 91.9 Å². The van der Waals surface area contributed by atoms with Crippen molar-refractivity contribution in [2.45, 2.75) is 91.9 Å². The van der Waals surface area contributed by atoms with Crippen LogP contribution < -0.4 is 0 Å². The highest BCUT2D eigenvalue weighted by Gasteiger charge is 2.12. The number of hydrogen-bond donors (Lipinski definition) is 0. The predicted molar refractivity (Wildman–Crippen MR) is 82.8 cm³/mol. The van der Waals surface area contributed by atoms with E-state index in [2.05, 4.69) is 27.7 Å². The summed E-state index contributed by atoms with van der Waals surface area (Å²) in [6.07, 6.45) is 14.6. The molecule has 0 aliphatic heterocycles. The van der Waals surface area contributed by atoms with Crippen LogP contribution in [0.2, 0.25) is 0 Å². The summed E-state index contributed by atoms with van der Waals surface area (Å²) in [5.74, 6) is 3.84. The molecular formula is C18H36. The average molecular weight is 252 g/mol. The molecule has 4 atom stereocenters. The molecule has 0 aromatic heterocycles. The Hall–Kier alpha value is 0. The SMILES string of the molecule is CC1CCCC(C)CCC(C)CCCC(C)CC1. The maximum Gasteiger partial charge on any atom is -0.0443 e. The lowest BCUT2D eigenvalue weighted by atomic mass is 9.86. The highest BCUT2D eigenvalue weighted by molar-refractivity contribution is 4.64. The third kappa shape index (κ3) is 7.44. The molecule has 4 unspecified atom stereocenters. The molecule has 0 N–H and O–H groups in total. The number of rotatable bonds is 0. The average Bonchev–Trinajstić information content (AvgIpc) is 2.33. The molecule has 1 rings (SSSR count). The second kappa shape index (κ2) is 8.99. The fourth-order valence-corrected chi connectivity index (χ4v) is 3.34. The van der Waals surface area contributed by atoms with Crippen molar-refractivity contribution in [2.75, 3.05) is 0 Å². The Kier molecular flexibility index (Phi) is 8.02. The van der Waals surface area contributed by atoms with Gasteiger partial charge in [-0.15, -0.1) is 0 Å². The van der Waals surface area contributed by atoms with Crippen molar-refractivity contribution < 1.29 is 0 Å². The topological polar surface area (TPSA) is 0 Å². The van der Waals surface area contributed by atoms with Crippen LogP contribution in [0.3, 0.4) is 0 Å². The Morgan fingerprint density at radius 2 is 0.611 bits per heavy atom. The van der Waals surface area contributed by atoms with Crippen molar-refractivity contribution in [3.63, 3.8) is 0 Å². The van der Waals surface area contributed by atoms with Gasteiger partial charge in [0.05, 0.1) is 0 Å². The maximum atomic E-state index is 2.46. The number of hydrogen-bond acceptors (Lipinski definition) is 0. The first kappa shape index (κ1) is 16.1. The summed E-state index contributed by atoms with van der Waals surface area (Å²) in [6, 6.07) is 0. The van der Waals surface area contributed by atoms with Crippen LogP contribution in [-0.2, 0) is 0 Å². The van der Waals surface area contributed by atoms with Gasteiger partial charge in [-0.2, -0.15) is 0 Å². The zero-order valence-corrected chi connectivity index (χ0v) is 13.4. The molecule has 18 heavy (non-hydrogen) atoms. The first-order valence-electron chi connectivity index (χ1n) is 8.58. The smallest absolute Gasteiger partial charge is 0.0443 e. The van der Waals surface area contributed by atoms with Gasteiger partial charge in [0, 0.05) is 0 Å². The second-order valence-corrected chi connectivity index (χ2v) is 7.44. The van der Waals surface area contributed by atoms with Crippen molar-refractivity contribution in [1.29, 1.82) is 0 Å². The second-order valence-electron chi connectivity index (χ2n) is 7.44. The molecule has 0 saturated heterocycles. The Labute approximate surface area is 116 Å². The molecule has 1 fully saturated rings. The van der Waals surface area contributed by atoms with E-state index in [1.165, 1.54) is 64.2 Å². The highest BCUT2D eigenvalue weighted by Crippen LogP contribution is 2.26. The lowest BCUT2D eigenvalue weighted by molar-refractivity contribution is 0.328. The van der Waals surface area contributed by atoms with Gasteiger partial charge in [-0.3, -0.25) is 0 Å². The molecule has 0 heteroatoms. The van der Waals surface area contributed by atoms with Crippen LogP contribution >= 0.6 is 0 Å². The Balaban J connectivity index is 2.36. The van der Waals surface area contributed by atoms with E-state index >= 15 is 0 Å². The maximum absolute atomic E-state index is 2.46. The standard InChI is InChI=1S/C18H36/c1-15-7-5-8-17(3)13-14-18(4)10-6-9-16(2)12-11-15/h15-18H,5-14H2,1-4H3. The monoisotopic (exact) mass is 252 g/mol.